The SMILES string of the molecule is Cl.N[C@H](CC(F)F)c1ccc(Cl)cc1F. The van der Waals surface area contributed by atoms with Crippen LogP contribution in [0.25, 0.3) is 0 Å². The van der Waals surface area contributed by atoms with Crippen LogP contribution in [0, 0.1) is 5.82 Å². The molecule has 0 saturated heterocycles. The lowest BCUT2D eigenvalue weighted by Crippen LogP contribution is -2.15. The van der Waals surface area contributed by atoms with E-state index in [4.69, 9.17) is 17.3 Å². The fourth-order valence-electron chi connectivity index (χ4n) is 1.12. The molecule has 6 heteroatoms. The Labute approximate surface area is 96.8 Å². The molecule has 0 aliphatic rings. The van der Waals surface area contributed by atoms with Crippen molar-refractivity contribution in [1.29, 1.82) is 0 Å². The molecule has 0 aromatic heterocycles. The van der Waals surface area contributed by atoms with E-state index in [1.54, 1.807) is 0 Å². The van der Waals surface area contributed by atoms with Crippen molar-refractivity contribution in [2.75, 3.05) is 0 Å². The molecule has 0 radical (unpaired) electrons. The first-order valence-corrected chi connectivity index (χ1v) is 4.37. The monoisotopic (exact) mass is 259 g/mol. The summed E-state index contributed by atoms with van der Waals surface area (Å²) in [6.07, 6.45) is -3.10. The maximum absolute atomic E-state index is 13.1. The second-order valence-electron chi connectivity index (χ2n) is 2.90. The summed E-state index contributed by atoms with van der Waals surface area (Å²) >= 11 is 5.50. The van der Waals surface area contributed by atoms with Gasteiger partial charge in [0.1, 0.15) is 5.82 Å². The fourth-order valence-corrected chi connectivity index (χ4v) is 1.28. The van der Waals surface area contributed by atoms with Crippen LogP contribution >= 0.6 is 24.0 Å². The third-order valence-corrected chi connectivity index (χ3v) is 2.03. The molecule has 1 aromatic rings. The summed E-state index contributed by atoms with van der Waals surface area (Å²) in [6.45, 7) is 0. The highest BCUT2D eigenvalue weighted by Gasteiger charge is 2.16. The topological polar surface area (TPSA) is 26.0 Å². The van der Waals surface area contributed by atoms with Gasteiger partial charge in [-0.05, 0) is 12.1 Å². The van der Waals surface area contributed by atoms with E-state index in [0.717, 1.165) is 6.07 Å². The van der Waals surface area contributed by atoms with Gasteiger partial charge >= 0.3 is 0 Å². The van der Waals surface area contributed by atoms with Crippen molar-refractivity contribution in [1.82, 2.24) is 0 Å². The van der Waals surface area contributed by atoms with Crippen LogP contribution in [0.1, 0.15) is 18.0 Å². The fraction of sp³-hybridized carbons (Fsp3) is 0.333. The van der Waals surface area contributed by atoms with E-state index in [1.807, 2.05) is 0 Å². The van der Waals surface area contributed by atoms with E-state index in [2.05, 4.69) is 0 Å². The van der Waals surface area contributed by atoms with Gasteiger partial charge in [-0.3, -0.25) is 0 Å². The van der Waals surface area contributed by atoms with Gasteiger partial charge in [0.25, 0.3) is 0 Å². The van der Waals surface area contributed by atoms with Crippen LogP contribution in [0.15, 0.2) is 18.2 Å². The highest BCUT2D eigenvalue weighted by Crippen LogP contribution is 2.23. The third-order valence-electron chi connectivity index (χ3n) is 1.79. The summed E-state index contributed by atoms with van der Waals surface area (Å²) in [7, 11) is 0. The van der Waals surface area contributed by atoms with Crippen molar-refractivity contribution in [3.05, 3.63) is 34.6 Å². The van der Waals surface area contributed by atoms with E-state index in [1.165, 1.54) is 12.1 Å². The molecule has 0 aliphatic heterocycles. The number of nitrogens with two attached hydrogens (primary N) is 1. The Morgan fingerprint density at radius 3 is 2.40 bits per heavy atom. The van der Waals surface area contributed by atoms with Gasteiger partial charge in [0.15, 0.2) is 0 Å². The molecule has 0 aliphatic carbocycles. The first-order valence-electron chi connectivity index (χ1n) is 3.99. The second-order valence-corrected chi connectivity index (χ2v) is 3.34. The van der Waals surface area contributed by atoms with E-state index in [9.17, 15) is 13.2 Å². The van der Waals surface area contributed by atoms with Crippen molar-refractivity contribution in [2.24, 2.45) is 5.73 Å². The molecule has 1 rings (SSSR count). The summed E-state index contributed by atoms with van der Waals surface area (Å²) in [5, 5.41) is 0.218. The molecule has 2 N–H and O–H groups in total. The lowest BCUT2D eigenvalue weighted by Gasteiger charge is -2.12. The number of alkyl halides is 2. The summed E-state index contributed by atoms with van der Waals surface area (Å²) < 4.78 is 37.0. The van der Waals surface area contributed by atoms with E-state index in [-0.39, 0.29) is 23.0 Å². The number of hydrogen-bond acceptors (Lipinski definition) is 1. The van der Waals surface area contributed by atoms with Gasteiger partial charge in [0, 0.05) is 23.0 Å². The van der Waals surface area contributed by atoms with Crippen LogP contribution in [0.5, 0.6) is 0 Å². The van der Waals surface area contributed by atoms with E-state index < -0.39 is 24.7 Å². The molecule has 0 saturated carbocycles. The van der Waals surface area contributed by atoms with Gasteiger partial charge in [-0.15, -0.1) is 12.4 Å². The quantitative estimate of drug-likeness (QED) is 0.883. The van der Waals surface area contributed by atoms with Crippen molar-refractivity contribution in [3.63, 3.8) is 0 Å². The Morgan fingerprint density at radius 2 is 1.93 bits per heavy atom. The van der Waals surface area contributed by atoms with Gasteiger partial charge in [0.05, 0.1) is 0 Å². The molecule has 15 heavy (non-hydrogen) atoms. The molecular formula is C9H10Cl2F3N. The molecular weight excluding hydrogens is 250 g/mol. The van der Waals surface area contributed by atoms with Crippen LogP contribution in [-0.2, 0) is 0 Å². The van der Waals surface area contributed by atoms with Gasteiger partial charge in [-0.2, -0.15) is 0 Å². The number of rotatable bonds is 3. The minimum absolute atomic E-state index is 0. The largest absolute Gasteiger partial charge is 0.324 e. The van der Waals surface area contributed by atoms with Gasteiger partial charge in [-0.1, -0.05) is 17.7 Å². The molecule has 0 heterocycles. The van der Waals surface area contributed by atoms with Crippen LogP contribution in [0.4, 0.5) is 13.2 Å². The number of hydrogen-bond donors (Lipinski definition) is 1. The molecule has 0 unspecified atom stereocenters. The molecule has 1 nitrogen and oxygen atoms in total. The van der Waals surface area contributed by atoms with Gasteiger partial charge < -0.3 is 5.73 Å². The smallest absolute Gasteiger partial charge is 0.240 e. The van der Waals surface area contributed by atoms with E-state index >= 15 is 0 Å². The Balaban J connectivity index is 0.00000196. The first kappa shape index (κ1) is 14.6. The molecule has 1 aromatic carbocycles. The molecule has 0 amide bonds. The molecule has 1 atom stereocenters. The van der Waals surface area contributed by atoms with Crippen LogP contribution in [0.3, 0.4) is 0 Å². The molecule has 0 fully saturated rings. The zero-order chi connectivity index (χ0) is 10.7. The maximum atomic E-state index is 13.1. The Bertz CT molecular complexity index is 320. The third kappa shape index (κ3) is 4.28. The highest BCUT2D eigenvalue weighted by molar-refractivity contribution is 6.30. The van der Waals surface area contributed by atoms with Crippen molar-refractivity contribution in [2.45, 2.75) is 18.9 Å². The second kappa shape index (κ2) is 6.20. The summed E-state index contributed by atoms with van der Waals surface area (Å²) in [6, 6.07) is 2.81. The zero-order valence-electron chi connectivity index (χ0n) is 7.59. The highest BCUT2D eigenvalue weighted by atomic mass is 35.5. The average molecular weight is 260 g/mol. The number of benzene rings is 1. The van der Waals surface area contributed by atoms with Crippen LogP contribution < -0.4 is 5.73 Å². The van der Waals surface area contributed by atoms with Crippen molar-refractivity contribution < 1.29 is 13.2 Å². The van der Waals surface area contributed by atoms with Crippen molar-refractivity contribution >= 4 is 24.0 Å². The lowest BCUT2D eigenvalue weighted by molar-refractivity contribution is 0.128. The minimum Gasteiger partial charge on any atom is -0.324 e. The summed E-state index contributed by atoms with van der Waals surface area (Å²) in [5.74, 6) is -0.648. The minimum atomic E-state index is -2.54. The van der Waals surface area contributed by atoms with Gasteiger partial charge in [0.2, 0.25) is 6.43 Å². The normalized spacial score (nSPS) is 12.4. The first-order chi connectivity index (χ1) is 6.50. The lowest BCUT2D eigenvalue weighted by atomic mass is 10.0. The Hall–Kier alpha value is -0.450. The predicted octanol–water partition coefficient (Wildman–Crippen LogP) is 3.56. The Morgan fingerprint density at radius 1 is 1.33 bits per heavy atom. The molecule has 0 spiro atoms. The zero-order valence-corrected chi connectivity index (χ0v) is 9.16. The standard InChI is InChI=1S/C9H9ClF3N.ClH/c10-5-1-2-6(7(11)3-5)8(14)4-9(12)13;/h1-3,8-9H,4,14H2;1H/t8-;/m1./s1. The summed E-state index contributed by atoms with van der Waals surface area (Å²) in [4.78, 5) is 0. The average Bonchev–Trinajstić information content (AvgIpc) is 2.01. The van der Waals surface area contributed by atoms with E-state index in [0.29, 0.717) is 0 Å². The maximum Gasteiger partial charge on any atom is 0.240 e. The molecule has 86 valence electrons. The Kier molecular flexibility index (Phi) is 6.02. The predicted molar refractivity (Wildman–Crippen MR) is 56.2 cm³/mol. The van der Waals surface area contributed by atoms with Gasteiger partial charge in [-0.25, -0.2) is 13.2 Å². The molecule has 0 bridgehead atoms. The van der Waals surface area contributed by atoms with Crippen LogP contribution in [0.2, 0.25) is 5.02 Å². The van der Waals surface area contributed by atoms with Crippen LogP contribution in [-0.4, -0.2) is 6.43 Å². The summed E-state index contributed by atoms with van der Waals surface area (Å²) in [5.41, 5.74) is 5.45. The number of halogens is 5. The van der Waals surface area contributed by atoms with Crippen molar-refractivity contribution in [3.8, 4) is 0 Å².